The highest BCUT2D eigenvalue weighted by Gasteiger charge is 2.59. The summed E-state index contributed by atoms with van der Waals surface area (Å²) in [6.07, 6.45) is -5.26. The highest BCUT2D eigenvalue weighted by molar-refractivity contribution is 5.74. The number of esters is 1. The van der Waals surface area contributed by atoms with Crippen LogP contribution in [0.3, 0.4) is 0 Å². The number of methoxy groups -OCH3 is 2. The lowest BCUT2D eigenvalue weighted by molar-refractivity contribution is -0.354. The molecule has 0 aromatic carbocycles. The number of carbonyl (C=O) groups excluding carboxylic acids is 1. The molecule has 1 saturated carbocycles. The number of aliphatic hydroxyl groups excluding tert-OH is 4. The first-order chi connectivity index (χ1) is 27.1. The molecule has 6 aliphatic heterocycles. The molecule has 4 N–H and O–H groups in total. The van der Waals surface area contributed by atoms with Gasteiger partial charge in [-0.15, -0.1) is 0 Å². The standard InChI is InChI=1S/C41H62O16/c1-18-33(44)28(47-6)14-31(51-18)56-35-19(2)52-30(13-25(35)42)57-36-20(3)53-39(34(45)37(36)48-7)55-27-12-22-9-10-23-24(40(22,4)15-26(27)43)11-8-21-16-49-41(5)32(21)29(17-50-41)54-38(23)46/h9,16,18-20,23-37,39,42-45H,8,10-15,17H2,1-7H3. The summed E-state index contributed by atoms with van der Waals surface area (Å²) in [7, 11) is 2.99. The van der Waals surface area contributed by atoms with Crippen molar-refractivity contribution in [2.24, 2.45) is 23.2 Å². The fourth-order valence-electron chi connectivity index (χ4n) is 11.1. The van der Waals surface area contributed by atoms with Gasteiger partial charge in [0.2, 0.25) is 5.79 Å². The molecule has 6 fully saturated rings. The minimum absolute atomic E-state index is 0.0631. The van der Waals surface area contributed by atoms with Gasteiger partial charge in [-0.3, -0.25) is 4.79 Å². The Balaban J connectivity index is 0.886. The quantitative estimate of drug-likeness (QED) is 0.205. The molecular formula is C41H62O16. The molecule has 2 aliphatic carbocycles. The number of aliphatic hydroxyl groups is 4. The number of rotatable bonds is 8. The Morgan fingerprint density at radius 2 is 1.53 bits per heavy atom. The molecule has 0 spiro atoms. The van der Waals surface area contributed by atoms with Crippen LogP contribution in [-0.4, -0.2) is 151 Å². The second kappa shape index (κ2) is 16.3. The zero-order chi connectivity index (χ0) is 40.6. The Morgan fingerprint density at radius 1 is 0.807 bits per heavy atom. The Labute approximate surface area is 333 Å². The fraction of sp³-hybridized carbons (Fsp3) is 0.878. The summed E-state index contributed by atoms with van der Waals surface area (Å²) in [6, 6.07) is 0. The maximum atomic E-state index is 13.7. The third-order valence-corrected chi connectivity index (χ3v) is 14.3. The van der Waals surface area contributed by atoms with Gasteiger partial charge in [0.15, 0.2) is 18.9 Å². The highest BCUT2D eigenvalue weighted by atomic mass is 16.8. The fourth-order valence-corrected chi connectivity index (χ4v) is 11.1. The van der Waals surface area contributed by atoms with E-state index in [9.17, 15) is 25.2 Å². The third kappa shape index (κ3) is 7.63. The van der Waals surface area contributed by atoms with E-state index in [-0.39, 0.29) is 30.1 Å². The van der Waals surface area contributed by atoms with Gasteiger partial charge in [0.1, 0.15) is 36.6 Å². The lowest BCUT2D eigenvalue weighted by Gasteiger charge is -2.52. The van der Waals surface area contributed by atoms with E-state index in [1.54, 1.807) is 27.0 Å². The maximum Gasteiger partial charge on any atom is 0.309 e. The molecule has 5 saturated heterocycles. The molecule has 57 heavy (non-hydrogen) atoms. The molecule has 8 aliphatic rings. The molecule has 322 valence electrons. The van der Waals surface area contributed by atoms with Crippen molar-refractivity contribution in [2.75, 3.05) is 20.8 Å². The normalized spacial score (nSPS) is 52.5. The molecule has 0 bridgehead atoms. The first-order valence-corrected chi connectivity index (χ1v) is 20.7. The topological polar surface area (TPSA) is 200 Å². The van der Waals surface area contributed by atoms with Crippen LogP contribution in [0.15, 0.2) is 23.5 Å². The Morgan fingerprint density at radius 3 is 2.26 bits per heavy atom. The summed E-state index contributed by atoms with van der Waals surface area (Å²) in [5.74, 6) is -1.59. The highest BCUT2D eigenvalue weighted by Crippen LogP contribution is 2.57. The largest absolute Gasteiger partial charge is 0.469 e. The number of fused-ring (bicyclic) bond motifs is 3. The molecule has 16 nitrogen and oxygen atoms in total. The molecule has 0 aromatic rings. The first kappa shape index (κ1) is 41.9. The van der Waals surface area contributed by atoms with E-state index in [2.05, 4.69) is 13.0 Å². The van der Waals surface area contributed by atoms with Crippen molar-refractivity contribution < 1.29 is 77.3 Å². The van der Waals surface area contributed by atoms with Crippen LogP contribution in [-0.2, 0) is 56.9 Å². The lowest BCUT2D eigenvalue weighted by Crippen LogP contribution is -2.62. The van der Waals surface area contributed by atoms with Crippen molar-refractivity contribution in [1.29, 1.82) is 0 Å². The summed E-state index contributed by atoms with van der Waals surface area (Å²) in [4.78, 5) is 13.7. The van der Waals surface area contributed by atoms with Crippen molar-refractivity contribution in [1.82, 2.24) is 0 Å². The molecule has 21 atom stereocenters. The van der Waals surface area contributed by atoms with Crippen molar-refractivity contribution in [3.05, 3.63) is 23.5 Å². The molecule has 8 rings (SSSR count). The van der Waals surface area contributed by atoms with Gasteiger partial charge in [-0.25, -0.2) is 0 Å². The molecule has 0 amide bonds. The van der Waals surface area contributed by atoms with Crippen LogP contribution >= 0.6 is 0 Å². The minimum atomic E-state index is -1.28. The van der Waals surface area contributed by atoms with Crippen LogP contribution in [0.5, 0.6) is 0 Å². The molecular weight excluding hydrogens is 748 g/mol. The molecule has 0 aromatic heterocycles. The smallest absolute Gasteiger partial charge is 0.309 e. The van der Waals surface area contributed by atoms with Crippen LogP contribution in [0.4, 0.5) is 0 Å². The van der Waals surface area contributed by atoms with Gasteiger partial charge in [-0.2, -0.15) is 0 Å². The van der Waals surface area contributed by atoms with Crippen LogP contribution in [0, 0.1) is 23.2 Å². The van der Waals surface area contributed by atoms with Crippen molar-refractivity contribution in [3.8, 4) is 0 Å². The summed E-state index contributed by atoms with van der Waals surface area (Å²) in [5.41, 5.74) is 1.74. The maximum absolute atomic E-state index is 13.7. The zero-order valence-corrected chi connectivity index (χ0v) is 34.0. The Hall–Kier alpha value is -1.77. The van der Waals surface area contributed by atoms with Gasteiger partial charge >= 0.3 is 5.97 Å². The number of allylic oxidation sites excluding steroid dienone is 1. The van der Waals surface area contributed by atoms with Crippen LogP contribution in [0.1, 0.15) is 79.6 Å². The minimum Gasteiger partial charge on any atom is -0.469 e. The SMILES string of the molecule is COC1CC(OC2C(O)CC(OC3C(C)OC(OC4CC5=CCC6C(=O)OC7COC8(C)OC=C(CCC6C5(C)CC4O)C78)C(O)C3OC)OC2C)OC(C)C1O. The van der Waals surface area contributed by atoms with E-state index in [1.165, 1.54) is 14.2 Å². The summed E-state index contributed by atoms with van der Waals surface area (Å²) in [5, 5.41) is 44.8. The van der Waals surface area contributed by atoms with Gasteiger partial charge < -0.3 is 72.5 Å². The second-order valence-corrected chi connectivity index (χ2v) is 17.8. The molecule has 21 unspecified atom stereocenters. The van der Waals surface area contributed by atoms with E-state index in [0.29, 0.717) is 32.3 Å². The monoisotopic (exact) mass is 810 g/mol. The Kier molecular flexibility index (Phi) is 12.0. The Bertz CT molecular complexity index is 1510. The van der Waals surface area contributed by atoms with Gasteiger partial charge in [-0.1, -0.05) is 18.6 Å². The predicted molar refractivity (Wildman–Crippen MR) is 196 cm³/mol. The summed E-state index contributed by atoms with van der Waals surface area (Å²) < 4.78 is 66.3. The molecule has 0 radical (unpaired) electrons. The van der Waals surface area contributed by atoms with Crippen molar-refractivity contribution in [2.45, 2.75) is 184 Å². The lowest BCUT2D eigenvalue weighted by atomic mass is 9.55. The number of ether oxygens (including phenoxy) is 11. The predicted octanol–water partition coefficient (Wildman–Crippen LogP) is 1.98. The van der Waals surface area contributed by atoms with Crippen LogP contribution in [0.25, 0.3) is 0 Å². The first-order valence-electron chi connectivity index (χ1n) is 20.7. The van der Waals surface area contributed by atoms with Gasteiger partial charge in [-0.05, 0) is 69.8 Å². The second-order valence-electron chi connectivity index (χ2n) is 17.8. The van der Waals surface area contributed by atoms with E-state index in [0.717, 1.165) is 24.0 Å². The van der Waals surface area contributed by atoms with Gasteiger partial charge in [0.25, 0.3) is 0 Å². The summed E-state index contributed by atoms with van der Waals surface area (Å²) >= 11 is 0. The van der Waals surface area contributed by atoms with Crippen molar-refractivity contribution >= 4 is 5.97 Å². The molecule has 6 heterocycles. The number of hydrogen-bond acceptors (Lipinski definition) is 16. The van der Waals surface area contributed by atoms with Gasteiger partial charge in [0.05, 0.1) is 67.4 Å². The van der Waals surface area contributed by atoms with E-state index in [4.69, 9.17) is 52.1 Å². The van der Waals surface area contributed by atoms with E-state index < -0.39 is 109 Å². The third-order valence-electron chi connectivity index (χ3n) is 14.3. The average molecular weight is 811 g/mol. The molecule has 16 heteroatoms. The number of carbonyl (C=O) groups is 1. The average Bonchev–Trinajstić information content (AvgIpc) is 3.68. The van der Waals surface area contributed by atoms with Crippen LogP contribution in [0.2, 0.25) is 0 Å². The zero-order valence-electron chi connectivity index (χ0n) is 34.0. The van der Waals surface area contributed by atoms with E-state index >= 15 is 0 Å². The number of hydrogen-bond donors (Lipinski definition) is 4. The van der Waals surface area contributed by atoms with Crippen LogP contribution < -0.4 is 0 Å². The van der Waals surface area contributed by atoms with Crippen molar-refractivity contribution in [3.63, 3.8) is 0 Å². The summed E-state index contributed by atoms with van der Waals surface area (Å²) in [6.45, 7) is 9.64. The van der Waals surface area contributed by atoms with Gasteiger partial charge in [0, 0.05) is 34.0 Å². The van der Waals surface area contributed by atoms with E-state index in [1.807, 2.05) is 6.92 Å².